The summed E-state index contributed by atoms with van der Waals surface area (Å²) in [4.78, 5) is 49.3. The number of aromatic nitrogens is 6. The van der Waals surface area contributed by atoms with Crippen LogP contribution in [0.15, 0.2) is 82.5 Å². The van der Waals surface area contributed by atoms with E-state index in [-0.39, 0.29) is 41.4 Å². The number of piperidine rings is 1. The number of morpholine rings is 1. The smallest absolute Gasteiger partial charge is 0.329 e. The lowest BCUT2D eigenvalue weighted by Crippen LogP contribution is -2.47. The number of hydrogen-bond acceptors (Lipinski definition) is 12. The van der Waals surface area contributed by atoms with Crippen molar-refractivity contribution in [2.75, 3.05) is 50.0 Å². The summed E-state index contributed by atoms with van der Waals surface area (Å²) >= 11 is 0. The van der Waals surface area contributed by atoms with Crippen LogP contribution in [0.2, 0.25) is 0 Å². The predicted molar refractivity (Wildman–Crippen MR) is 233 cm³/mol. The molecule has 3 fully saturated rings. The van der Waals surface area contributed by atoms with E-state index in [0.717, 1.165) is 61.2 Å². The van der Waals surface area contributed by atoms with Gasteiger partial charge in [-0.05, 0) is 86.0 Å². The monoisotopic (exact) mass is 879 g/mol. The van der Waals surface area contributed by atoms with Gasteiger partial charge in [0.2, 0.25) is 11.8 Å². The molecule has 0 spiro atoms. The molecule has 2 amide bonds. The average Bonchev–Trinajstić information content (AvgIpc) is 3.70. The molecular formula is C45H51F2N11O6. The van der Waals surface area contributed by atoms with E-state index >= 15 is 0 Å². The van der Waals surface area contributed by atoms with Crippen molar-refractivity contribution in [1.29, 1.82) is 0 Å². The number of hydrogen-bond donors (Lipinski definition) is 5. The van der Waals surface area contributed by atoms with Crippen molar-refractivity contribution < 1.29 is 32.6 Å². The number of nitrogens with one attached hydrogen (secondary N) is 4. The highest BCUT2D eigenvalue weighted by Crippen LogP contribution is 2.31. The predicted octanol–water partition coefficient (Wildman–Crippen LogP) is 4.78. The number of para-hydroxylation sites is 1. The summed E-state index contributed by atoms with van der Waals surface area (Å²) in [6.07, 6.45) is 4.79. The van der Waals surface area contributed by atoms with Crippen LogP contribution in [0.4, 0.5) is 20.3 Å². The lowest BCUT2D eigenvalue weighted by atomic mass is 10.0. The second-order valence-corrected chi connectivity index (χ2v) is 16.7. The van der Waals surface area contributed by atoms with Gasteiger partial charge in [-0.1, -0.05) is 24.3 Å². The number of anilines is 2. The molecule has 2 aromatic carbocycles. The first-order valence-corrected chi connectivity index (χ1v) is 21.7. The molecule has 3 atom stereocenters. The SMILES string of the molecule is Cn1c(=O)n(C2CCC(=O)NC2O)c2cccc(CCCN3CCO[C@@H](CNCc4ccc(-n5cc(NC(=O)c6coc(-c7ccnc(NCC8CC8)c7)n6)c(C(F)F)n5)cc4)C3)c21. The number of nitrogens with zero attached hydrogens (tertiary/aromatic N) is 7. The number of benzene rings is 2. The lowest BCUT2D eigenvalue weighted by Gasteiger charge is -2.33. The van der Waals surface area contributed by atoms with Crippen LogP contribution in [0.5, 0.6) is 0 Å². The minimum absolute atomic E-state index is 0.00886. The first kappa shape index (κ1) is 43.0. The number of carbonyl (C=O) groups excluding carboxylic acids is 2. The zero-order valence-corrected chi connectivity index (χ0v) is 35.4. The van der Waals surface area contributed by atoms with E-state index in [2.05, 4.69) is 41.2 Å². The maximum Gasteiger partial charge on any atom is 0.329 e. The van der Waals surface area contributed by atoms with Crippen LogP contribution in [0.3, 0.4) is 0 Å². The molecule has 5 N–H and O–H groups in total. The van der Waals surface area contributed by atoms with Crippen molar-refractivity contribution in [3.8, 4) is 17.1 Å². The Hall–Kier alpha value is -6.28. The molecule has 3 aliphatic rings. The summed E-state index contributed by atoms with van der Waals surface area (Å²) in [6.45, 7) is 5.09. The summed E-state index contributed by atoms with van der Waals surface area (Å²) in [6, 6.07) is 16.2. The normalized spacial score (nSPS) is 19.3. The van der Waals surface area contributed by atoms with Crippen LogP contribution in [0.25, 0.3) is 28.2 Å². The Morgan fingerprint density at radius 2 is 1.92 bits per heavy atom. The number of fused-ring (bicyclic) bond motifs is 1. The van der Waals surface area contributed by atoms with Gasteiger partial charge in [0.25, 0.3) is 12.3 Å². The number of alkyl halides is 2. The number of ether oxygens (including phenoxy) is 1. The number of carbonyl (C=O) groups is 2. The second kappa shape index (κ2) is 18.8. The fraction of sp³-hybridized carbons (Fsp3) is 0.422. The summed E-state index contributed by atoms with van der Waals surface area (Å²) in [7, 11) is 1.75. The molecule has 6 aromatic rings. The van der Waals surface area contributed by atoms with Gasteiger partial charge >= 0.3 is 5.69 Å². The summed E-state index contributed by atoms with van der Waals surface area (Å²) < 4.78 is 44.5. The molecule has 9 rings (SSSR count). The molecule has 0 radical (unpaired) electrons. The second-order valence-electron chi connectivity index (χ2n) is 16.7. The zero-order chi connectivity index (χ0) is 44.3. The van der Waals surface area contributed by atoms with Gasteiger partial charge in [0.1, 0.15) is 18.3 Å². The Balaban J connectivity index is 0.752. The fourth-order valence-corrected chi connectivity index (χ4v) is 8.53. The van der Waals surface area contributed by atoms with E-state index in [1.54, 1.807) is 46.6 Å². The Labute approximate surface area is 366 Å². The van der Waals surface area contributed by atoms with Crippen molar-refractivity contribution in [1.82, 2.24) is 44.4 Å². The third-order valence-electron chi connectivity index (χ3n) is 12.1. The molecule has 64 heavy (non-hydrogen) atoms. The summed E-state index contributed by atoms with van der Waals surface area (Å²) in [5.74, 6) is 0.600. The highest BCUT2D eigenvalue weighted by atomic mass is 19.3. The van der Waals surface area contributed by atoms with E-state index in [1.807, 2.05) is 30.3 Å². The highest BCUT2D eigenvalue weighted by Gasteiger charge is 2.32. The Bertz CT molecular complexity index is 2670. The van der Waals surface area contributed by atoms with E-state index in [1.165, 1.54) is 30.0 Å². The minimum Gasteiger partial charge on any atom is -0.444 e. The van der Waals surface area contributed by atoms with E-state index in [0.29, 0.717) is 49.1 Å². The van der Waals surface area contributed by atoms with Gasteiger partial charge in [0, 0.05) is 58.0 Å². The van der Waals surface area contributed by atoms with Gasteiger partial charge in [-0.3, -0.25) is 23.6 Å². The topological polar surface area (TPSA) is 199 Å². The quantitative estimate of drug-likeness (QED) is 0.0842. The number of amides is 2. The van der Waals surface area contributed by atoms with Crippen molar-refractivity contribution in [2.24, 2.45) is 13.0 Å². The number of rotatable bonds is 17. The molecule has 1 saturated carbocycles. The number of aliphatic hydroxyl groups excluding tert-OH is 1. The molecule has 2 unspecified atom stereocenters. The highest BCUT2D eigenvalue weighted by molar-refractivity contribution is 6.03. The van der Waals surface area contributed by atoms with E-state index in [4.69, 9.17) is 9.15 Å². The van der Waals surface area contributed by atoms with Crippen molar-refractivity contribution in [2.45, 2.75) is 69.9 Å². The number of aliphatic hydroxyl groups is 1. The van der Waals surface area contributed by atoms with E-state index in [9.17, 15) is 28.3 Å². The molecule has 17 nitrogen and oxygen atoms in total. The number of aryl methyl sites for hydroxylation is 2. The van der Waals surface area contributed by atoms with Crippen molar-refractivity contribution >= 4 is 34.4 Å². The van der Waals surface area contributed by atoms with Crippen LogP contribution in [0, 0.1) is 5.92 Å². The van der Waals surface area contributed by atoms with Gasteiger partial charge in [-0.15, -0.1) is 0 Å². The maximum atomic E-state index is 14.1. The summed E-state index contributed by atoms with van der Waals surface area (Å²) in [5, 5.41) is 26.5. The molecule has 19 heteroatoms. The van der Waals surface area contributed by atoms with Crippen LogP contribution in [-0.4, -0.2) is 102 Å². The fourth-order valence-electron chi connectivity index (χ4n) is 8.53. The van der Waals surface area contributed by atoms with Crippen LogP contribution >= 0.6 is 0 Å². The molecule has 0 bridgehead atoms. The van der Waals surface area contributed by atoms with Gasteiger partial charge in [-0.25, -0.2) is 28.2 Å². The van der Waals surface area contributed by atoms with Crippen LogP contribution in [-0.2, 0) is 29.5 Å². The standard InChI is InChI=1S/C45H51F2N11O6/c1-55-40-29(4-2-6-35(40)58(45(55)62)36-13-14-38(59)53-43(36)61)5-3-17-56-18-19-63-32(24-56)23-48-21-27-9-11-31(12-10-27)57-25-33(39(54-57)41(46)47)51-42(60)34-26-64-44(52-34)30-15-16-49-37(20-30)50-22-28-7-8-28/h2,4,6,9-12,15-16,20,25-26,28,32,36,41,43,48,61H,3,5,7-8,13-14,17-19,21-24H2,1H3,(H,49,50)(H,51,60)(H,53,59)/t32-,36?,43?/m0/s1. The van der Waals surface area contributed by atoms with Gasteiger partial charge < -0.3 is 35.5 Å². The summed E-state index contributed by atoms with van der Waals surface area (Å²) in [5.41, 5.74) is 3.80. The lowest BCUT2D eigenvalue weighted by molar-refractivity contribution is -0.128. The number of halogens is 2. The largest absolute Gasteiger partial charge is 0.444 e. The molecule has 2 aliphatic heterocycles. The number of oxazole rings is 1. The third kappa shape index (κ3) is 9.62. The van der Waals surface area contributed by atoms with Crippen LogP contribution in [0.1, 0.15) is 71.9 Å². The number of imidazole rings is 1. The maximum absolute atomic E-state index is 14.1. The average molecular weight is 880 g/mol. The zero-order valence-electron chi connectivity index (χ0n) is 35.4. The Kier molecular flexibility index (Phi) is 12.6. The molecule has 336 valence electrons. The van der Waals surface area contributed by atoms with Crippen molar-refractivity contribution in [3.63, 3.8) is 0 Å². The van der Waals surface area contributed by atoms with Gasteiger partial charge in [-0.2, -0.15) is 5.10 Å². The van der Waals surface area contributed by atoms with Crippen molar-refractivity contribution in [3.05, 3.63) is 106 Å². The first-order chi connectivity index (χ1) is 31.1. The number of pyridine rings is 1. The van der Waals surface area contributed by atoms with Crippen LogP contribution < -0.4 is 27.0 Å². The Morgan fingerprint density at radius 3 is 2.72 bits per heavy atom. The van der Waals surface area contributed by atoms with Gasteiger partial charge in [0.15, 0.2) is 11.4 Å². The third-order valence-corrected chi connectivity index (χ3v) is 12.1. The minimum atomic E-state index is -2.94. The molecule has 6 heterocycles. The van der Waals surface area contributed by atoms with Gasteiger partial charge in [0.05, 0.1) is 47.4 Å². The Morgan fingerprint density at radius 1 is 1.08 bits per heavy atom. The molecule has 2 saturated heterocycles. The molecular weight excluding hydrogens is 829 g/mol. The molecule has 4 aromatic heterocycles. The molecule has 1 aliphatic carbocycles. The first-order valence-electron chi connectivity index (χ1n) is 21.7. The van der Waals surface area contributed by atoms with E-state index < -0.39 is 30.3 Å².